The van der Waals surface area contributed by atoms with Crippen molar-refractivity contribution in [3.05, 3.63) is 0 Å². The number of fused-ring (bicyclic) bond motifs is 1. The topological polar surface area (TPSA) is 74.6 Å². The van der Waals surface area contributed by atoms with Crippen LogP contribution in [-0.4, -0.2) is 43.4 Å². The van der Waals surface area contributed by atoms with E-state index in [1.54, 1.807) is 0 Å². The van der Waals surface area contributed by atoms with Crippen LogP contribution in [-0.2, 0) is 9.84 Å². The van der Waals surface area contributed by atoms with Crippen molar-refractivity contribution >= 4 is 9.84 Å². The molecule has 5 heteroatoms. The van der Waals surface area contributed by atoms with Gasteiger partial charge in [0.2, 0.25) is 0 Å². The summed E-state index contributed by atoms with van der Waals surface area (Å²) in [7, 11) is -2.89. The summed E-state index contributed by atoms with van der Waals surface area (Å²) >= 11 is 0. The van der Waals surface area contributed by atoms with Crippen molar-refractivity contribution in [1.82, 2.24) is 0 Å². The van der Waals surface area contributed by atoms with Crippen molar-refractivity contribution in [2.75, 3.05) is 24.7 Å². The first kappa shape index (κ1) is 9.43. The molecule has 2 N–H and O–H groups in total. The largest absolute Gasteiger partial charge is 0.396 e. The first-order valence-electron chi connectivity index (χ1n) is 4.51. The zero-order chi connectivity index (χ0) is 9.64. The SMILES string of the molecule is O=S1(=O)C[C@@H]2[C@H](CO)[C@H](CO)[C@H]2C1. The summed E-state index contributed by atoms with van der Waals surface area (Å²) < 4.78 is 22.5. The lowest BCUT2D eigenvalue weighted by Crippen LogP contribution is -2.49. The third kappa shape index (κ3) is 1.30. The fourth-order valence-electron chi connectivity index (χ4n) is 2.81. The van der Waals surface area contributed by atoms with E-state index in [4.69, 9.17) is 10.2 Å². The fraction of sp³-hybridized carbons (Fsp3) is 1.00. The van der Waals surface area contributed by atoms with Crippen LogP contribution < -0.4 is 0 Å². The molecule has 1 saturated heterocycles. The molecule has 0 aromatic rings. The Labute approximate surface area is 77.5 Å². The molecule has 0 aromatic carbocycles. The molecule has 13 heavy (non-hydrogen) atoms. The average Bonchev–Trinajstić information content (AvgIpc) is 2.30. The molecule has 4 atom stereocenters. The number of rotatable bonds is 2. The van der Waals surface area contributed by atoms with Gasteiger partial charge in [0.15, 0.2) is 9.84 Å². The summed E-state index contributed by atoms with van der Waals surface area (Å²) in [4.78, 5) is 0. The Bertz CT molecular complexity index is 273. The minimum atomic E-state index is -2.89. The average molecular weight is 206 g/mol. The van der Waals surface area contributed by atoms with Gasteiger partial charge >= 0.3 is 0 Å². The minimum absolute atomic E-state index is 0.00190. The zero-order valence-corrected chi connectivity index (χ0v) is 8.07. The van der Waals surface area contributed by atoms with Crippen LogP contribution in [0.5, 0.6) is 0 Å². The number of sulfone groups is 1. The van der Waals surface area contributed by atoms with Gasteiger partial charge in [0.1, 0.15) is 0 Å². The molecule has 0 unspecified atom stereocenters. The zero-order valence-electron chi connectivity index (χ0n) is 7.26. The highest BCUT2D eigenvalue weighted by Gasteiger charge is 2.56. The normalized spacial score (nSPS) is 46.9. The Balaban J connectivity index is 2.15. The Morgan fingerprint density at radius 2 is 1.38 bits per heavy atom. The monoisotopic (exact) mass is 206 g/mol. The van der Waals surface area contributed by atoms with Crippen molar-refractivity contribution in [2.24, 2.45) is 23.7 Å². The molecule has 0 amide bonds. The van der Waals surface area contributed by atoms with Gasteiger partial charge in [-0.25, -0.2) is 8.42 Å². The van der Waals surface area contributed by atoms with Gasteiger partial charge in [0.25, 0.3) is 0 Å². The molecule has 76 valence electrons. The van der Waals surface area contributed by atoms with E-state index in [1.807, 2.05) is 0 Å². The predicted octanol–water partition coefficient (Wildman–Crippen LogP) is -1.12. The number of aliphatic hydroxyl groups is 2. The van der Waals surface area contributed by atoms with Gasteiger partial charge in [-0.3, -0.25) is 0 Å². The van der Waals surface area contributed by atoms with E-state index in [9.17, 15) is 8.42 Å². The Hall–Kier alpha value is -0.130. The van der Waals surface area contributed by atoms with E-state index in [2.05, 4.69) is 0 Å². The molecule has 4 nitrogen and oxygen atoms in total. The van der Waals surface area contributed by atoms with Gasteiger partial charge < -0.3 is 10.2 Å². The number of hydrogen-bond acceptors (Lipinski definition) is 4. The van der Waals surface area contributed by atoms with Crippen molar-refractivity contribution in [2.45, 2.75) is 0 Å². The summed E-state index contributed by atoms with van der Waals surface area (Å²) in [6.07, 6.45) is 0. The molecule has 1 aliphatic carbocycles. The lowest BCUT2D eigenvalue weighted by molar-refractivity contribution is -0.0516. The highest BCUT2D eigenvalue weighted by atomic mass is 32.2. The van der Waals surface area contributed by atoms with Crippen LogP contribution in [0.1, 0.15) is 0 Å². The maximum Gasteiger partial charge on any atom is 0.150 e. The van der Waals surface area contributed by atoms with Gasteiger partial charge in [0, 0.05) is 13.2 Å². The third-order valence-electron chi connectivity index (χ3n) is 3.51. The van der Waals surface area contributed by atoms with Crippen LogP contribution >= 0.6 is 0 Å². The van der Waals surface area contributed by atoms with Crippen LogP contribution in [0, 0.1) is 23.7 Å². The second-order valence-electron chi connectivity index (χ2n) is 4.10. The second-order valence-corrected chi connectivity index (χ2v) is 6.25. The van der Waals surface area contributed by atoms with Crippen molar-refractivity contribution in [3.63, 3.8) is 0 Å². The van der Waals surface area contributed by atoms with Crippen LogP contribution in [0.4, 0.5) is 0 Å². The lowest BCUT2D eigenvalue weighted by atomic mass is 9.59. The highest BCUT2D eigenvalue weighted by Crippen LogP contribution is 2.50. The van der Waals surface area contributed by atoms with Crippen molar-refractivity contribution in [3.8, 4) is 0 Å². The maximum atomic E-state index is 11.3. The maximum absolute atomic E-state index is 11.3. The van der Waals surface area contributed by atoms with E-state index >= 15 is 0 Å². The smallest absolute Gasteiger partial charge is 0.150 e. The van der Waals surface area contributed by atoms with E-state index in [1.165, 1.54) is 0 Å². The summed E-state index contributed by atoms with van der Waals surface area (Å²) in [5, 5.41) is 18.0. The van der Waals surface area contributed by atoms with E-state index in [0.717, 1.165) is 0 Å². The van der Waals surface area contributed by atoms with Gasteiger partial charge in [-0.15, -0.1) is 0 Å². The van der Waals surface area contributed by atoms with Gasteiger partial charge in [-0.1, -0.05) is 0 Å². The van der Waals surface area contributed by atoms with Gasteiger partial charge in [-0.05, 0) is 23.7 Å². The summed E-state index contributed by atoms with van der Waals surface area (Å²) in [6, 6.07) is 0. The molecule has 1 aliphatic heterocycles. The molecular formula is C8H14O4S. The molecule has 0 radical (unpaired) electrons. The number of aliphatic hydroxyl groups excluding tert-OH is 2. The Morgan fingerprint density at radius 1 is 1.00 bits per heavy atom. The molecule has 0 spiro atoms. The molecule has 2 aliphatic rings. The number of hydrogen-bond donors (Lipinski definition) is 2. The van der Waals surface area contributed by atoms with Gasteiger partial charge in [0.05, 0.1) is 11.5 Å². The predicted molar refractivity (Wildman–Crippen MR) is 46.8 cm³/mol. The van der Waals surface area contributed by atoms with Crippen LogP contribution in [0.2, 0.25) is 0 Å². The first-order chi connectivity index (χ1) is 6.09. The summed E-state index contributed by atoms with van der Waals surface area (Å²) in [5.41, 5.74) is 0. The molecule has 0 bridgehead atoms. The molecule has 2 rings (SSSR count). The third-order valence-corrected chi connectivity index (χ3v) is 5.30. The molecule has 0 aromatic heterocycles. The van der Waals surface area contributed by atoms with E-state index in [-0.39, 0.29) is 48.4 Å². The van der Waals surface area contributed by atoms with Gasteiger partial charge in [-0.2, -0.15) is 0 Å². The van der Waals surface area contributed by atoms with E-state index in [0.29, 0.717) is 0 Å². The second kappa shape index (κ2) is 2.93. The fourth-order valence-corrected chi connectivity index (χ4v) is 5.11. The highest BCUT2D eigenvalue weighted by molar-refractivity contribution is 7.91. The molecule has 2 fully saturated rings. The summed E-state index contributed by atoms with van der Waals surface area (Å²) in [6.45, 7) is 0.00380. The standard InChI is InChI=1S/C8H14O4S/c9-1-5-6(2-10)8-4-13(11,12)3-7(5)8/h5-10H,1-4H2/t5-,6+,7-,8-/m1/s1. The Kier molecular flexibility index (Phi) is 2.13. The molecular weight excluding hydrogens is 192 g/mol. The van der Waals surface area contributed by atoms with Crippen LogP contribution in [0.3, 0.4) is 0 Å². The summed E-state index contributed by atoms with van der Waals surface area (Å²) in [5.74, 6) is 0.637. The first-order valence-corrected chi connectivity index (χ1v) is 6.33. The van der Waals surface area contributed by atoms with E-state index < -0.39 is 9.84 Å². The lowest BCUT2D eigenvalue weighted by Gasteiger charge is -2.46. The van der Waals surface area contributed by atoms with Crippen LogP contribution in [0.15, 0.2) is 0 Å². The van der Waals surface area contributed by atoms with Crippen molar-refractivity contribution in [1.29, 1.82) is 0 Å². The molecule has 1 saturated carbocycles. The molecule has 1 heterocycles. The van der Waals surface area contributed by atoms with Crippen molar-refractivity contribution < 1.29 is 18.6 Å². The Morgan fingerprint density at radius 3 is 1.69 bits per heavy atom. The minimum Gasteiger partial charge on any atom is -0.396 e. The quantitative estimate of drug-likeness (QED) is 0.600. The van der Waals surface area contributed by atoms with Crippen LogP contribution in [0.25, 0.3) is 0 Å².